The van der Waals surface area contributed by atoms with Gasteiger partial charge in [0.25, 0.3) is 0 Å². The molecule has 4 aromatic rings. The first-order chi connectivity index (χ1) is 18.7. The van der Waals surface area contributed by atoms with E-state index in [1.807, 2.05) is 60.4 Å². The number of thiocarbonyl (C=S) groups is 1. The highest BCUT2D eigenvalue weighted by molar-refractivity contribution is 7.80. The predicted octanol–water partition coefficient (Wildman–Crippen LogP) is 6.20. The summed E-state index contributed by atoms with van der Waals surface area (Å²) in [6.45, 7) is 2.25. The number of carbonyl (C=O) groups is 1. The molecule has 3 heterocycles. The van der Waals surface area contributed by atoms with Crippen LogP contribution in [0.2, 0.25) is 0 Å². The van der Waals surface area contributed by atoms with Crippen LogP contribution in [0.4, 0.5) is 18.9 Å². The van der Waals surface area contributed by atoms with Crippen LogP contribution in [-0.2, 0) is 11.0 Å². The van der Waals surface area contributed by atoms with Crippen LogP contribution >= 0.6 is 12.2 Å². The minimum absolute atomic E-state index is 0.158. The van der Waals surface area contributed by atoms with E-state index in [1.54, 1.807) is 29.1 Å². The van der Waals surface area contributed by atoms with E-state index in [4.69, 9.17) is 12.2 Å². The van der Waals surface area contributed by atoms with Crippen molar-refractivity contribution in [3.8, 4) is 5.69 Å². The maximum Gasteiger partial charge on any atom is 0.416 e. The molecule has 6 nitrogen and oxygen atoms in total. The van der Waals surface area contributed by atoms with Crippen LogP contribution in [-0.4, -0.2) is 32.0 Å². The van der Waals surface area contributed by atoms with Crippen molar-refractivity contribution in [2.24, 2.45) is 0 Å². The first-order valence-electron chi connectivity index (χ1n) is 12.4. The minimum atomic E-state index is -4.47. The van der Waals surface area contributed by atoms with Gasteiger partial charge in [0.1, 0.15) is 0 Å². The van der Waals surface area contributed by atoms with E-state index in [2.05, 4.69) is 15.6 Å². The number of amides is 1. The summed E-state index contributed by atoms with van der Waals surface area (Å²) in [5.74, 6) is -0.170. The lowest BCUT2D eigenvalue weighted by Gasteiger charge is -2.29. The third-order valence-corrected chi connectivity index (χ3v) is 6.97. The Morgan fingerprint density at radius 3 is 2.62 bits per heavy atom. The number of aromatic nitrogens is 2. The molecular formula is C29H26F3N5OS. The van der Waals surface area contributed by atoms with Crippen LogP contribution in [0.25, 0.3) is 5.69 Å². The Labute approximate surface area is 229 Å². The number of alkyl halides is 3. The third-order valence-electron chi connectivity index (χ3n) is 6.61. The zero-order valence-corrected chi connectivity index (χ0v) is 21.8. The largest absolute Gasteiger partial charge is 0.416 e. The highest BCUT2D eigenvalue weighted by atomic mass is 32.1. The van der Waals surface area contributed by atoms with Gasteiger partial charge in [0, 0.05) is 42.4 Å². The number of carbonyl (C=O) groups excluding carboxylic acids is 1. The Balaban J connectivity index is 1.46. The van der Waals surface area contributed by atoms with E-state index in [1.165, 1.54) is 6.07 Å². The molecule has 0 aliphatic carbocycles. The molecule has 10 heteroatoms. The average Bonchev–Trinajstić information content (AvgIpc) is 3.52. The lowest BCUT2D eigenvalue weighted by Crippen LogP contribution is -2.33. The van der Waals surface area contributed by atoms with Crippen molar-refractivity contribution >= 4 is 28.9 Å². The number of pyridine rings is 1. The van der Waals surface area contributed by atoms with E-state index in [0.717, 1.165) is 29.1 Å². The van der Waals surface area contributed by atoms with Gasteiger partial charge in [-0.3, -0.25) is 9.78 Å². The highest BCUT2D eigenvalue weighted by Crippen LogP contribution is 2.40. The average molecular weight is 550 g/mol. The maximum absolute atomic E-state index is 13.5. The number of anilines is 1. The summed E-state index contributed by atoms with van der Waals surface area (Å²) < 4.78 is 42.1. The summed E-state index contributed by atoms with van der Waals surface area (Å²) in [6, 6.07) is 21.1. The predicted molar refractivity (Wildman–Crippen MR) is 147 cm³/mol. The normalized spacial score (nSPS) is 17.2. The van der Waals surface area contributed by atoms with Crippen LogP contribution < -0.4 is 10.6 Å². The van der Waals surface area contributed by atoms with E-state index in [0.29, 0.717) is 23.0 Å². The number of aryl methyl sites for hydroxylation is 1. The van der Waals surface area contributed by atoms with Gasteiger partial charge in [-0.1, -0.05) is 24.3 Å². The molecule has 0 saturated carbocycles. The molecule has 2 aromatic carbocycles. The Morgan fingerprint density at radius 1 is 1.05 bits per heavy atom. The van der Waals surface area contributed by atoms with Crippen LogP contribution in [0.3, 0.4) is 0 Å². The van der Waals surface area contributed by atoms with Crippen molar-refractivity contribution in [3.63, 3.8) is 0 Å². The van der Waals surface area contributed by atoms with Gasteiger partial charge in [0.05, 0.1) is 23.3 Å². The summed E-state index contributed by atoms with van der Waals surface area (Å²) in [4.78, 5) is 19.2. The van der Waals surface area contributed by atoms with Crippen LogP contribution in [0.5, 0.6) is 0 Å². The molecule has 0 bridgehead atoms. The van der Waals surface area contributed by atoms with E-state index >= 15 is 0 Å². The van der Waals surface area contributed by atoms with Crippen LogP contribution in [0.1, 0.15) is 41.0 Å². The third kappa shape index (κ3) is 5.80. The van der Waals surface area contributed by atoms with Crippen molar-refractivity contribution in [2.45, 2.75) is 31.6 Å². The van der Waals surface area contributed by atoms with Gasteiger partial charge in [0.15, 0.2) is 5.11 Å². The molecule has 0 unspecified atom stereocenters. The smallest absolute Gasteiger partial charge is 0.352 e. The van der Waals surface area contributed by atoms with E-state index in [-0.39, 0.29) is 18.4 Å². The number of benzene rings is 2. The minimum Gasteiger partial charge on any atom is -0.352 e. The fraction of sp³-hybridized carbons (Fsp3) is 0.207. The molecule has 39 heavy (non-hydrogen) atoms. The molecule has 2 atom stereocenters. The van der Waals surface area contributed by atoms with Gasteiger partial charge >= 0.3 is 6.18 Å². The Bertz CT molecular complexity index is 1490. The fourth-order valence-corrected chi connectivity index (χ4v) is 5.17. The van der Waals surface area contributed by atoms with Crippen molar-refractivity contribution in [1.82, 2.24) is 19.8 Å². The molecule has 0 radical (unpaired) electrons. The van der Waals surface area contributed by atoms with Crippen molar-refractivity contribution in [3.05, 3.63) is 114 Å². The molecule has 1 saturated heterocycles. The SMILES string of the molecule is Cc1cccc(NC(=O)CCN2C(=S)N[C@@H](c3ccccn3)[C@H]2c2cccn2-c2cccc(C(F)(F)F)c2)c1. The second-order valence-electron chi connectivity index (χ2n) is 9.34. The van der Waals surface area contributed by atoms with Gasteiger partial charge in [-0.25, -0.2) is 0 Å². The number of halogens is 3. The maximum atomic E-state index is 13.5. The summed E-state index contributed by atoms with van der Waals surface area (Å²) in [7, 11) is 0. The lowest BCUT2D eigenvalue weighted by atomic mass is 10.0. The highest BCUT2D eigenvalue weighted by Gasteiger charge is 2.41. The van der Waals surface area contributed by atoms with Gasteiger partial charge < -0.3 is 20.1 Å². The van der Waals surface area contributed by atoms with Crippen LogP contribution in [0.15, 0.2) is 91.3 Å². The van der Waals surface area contributed by atoms with E-state index < -0.39 is 17.8 Å². The number of hydrogen-bond acceptors (Lipinski definition) is 3. The molecule has 2 N–H and O–H groups in total. The zero-order valence-electron chi connectivity index (χ0n) is 21.0. The topological polar surface area (TPSA) is 62.2 Å². The molecule has 200 valence electrons. The Morgan fingerprint density at radius 2 is 1.87 bits per heavy atom. The Hall–Kier alpha value is -4.18. The number of rotatable bonds is 7. The molecule has 1 aliphatic heterocycles. The molecule has 1 amide bonds. The number of nitrogens with one attached hydrogen (secondary N) is 2. The molecular weight excluding hydrogens is 523 g/mol. The second-order valence-corrected chi connectivity index (χ2v) is 9.73. The molecule has 1 fully saturated rings. The molecule has 2 aromatic heterocycles. The summed E-state index contributed by atoms with van der Waals surface area (Å²) in [5, 5.41) is 6.68. The quantitative estimate of drug-likeness (QED) is 0.269. The summed E-state index contributed by atoms with van der Waals surface area (Å²) in [5.41, 5.74) is 2.84. The van der Waals surface area contributed by atoms with Crippen molar-refractivity contribution in [1.29, 1.82) is 0 Å². The number of nitrogens with zero attached hydrogens (tertiary/aromatic N) is 3. The zero-order chi connectivity index (χ0) is 27.6. The van der Waals surface area contributed by atoms with E-state index in [9.17, 15) is 18.0 Å². The molecule has 5 rings (SSSR count). The number of hydrogen-bond donors (Lipinski definition) is 2. The van der Waals surface area contributed by atoms with Gasteiger partial charge in [-0.05, 0) is 79.3 Å². The first-order valence-corrected chi connectivity index (χ1v) is 12.8. The second kappa shape index (κ2) is 10.9. The summed E-state index contributed by atoms with van der Waals surface area (Å²) in [6.07, 6.45) is -0.899. The summed E-state index contributed by atoms with van der Waals surface area (Å²) >= 11 is 5.69. The van der Waals surface area contributed by atoms with Gasteiger partial charge in [0.2, 0.25) is 5.91 Å². The standard InChI is InChI=1S/C29H26F3N5OS/c1-19-7-4-9-21(17-19)34-25(38)13-16-37-27(26(35-28(37)39)23-11-2-3-14-33-23)24-12-6-15-36(24)22-10-5-8-20(18-22)29(30,31)32/h2-12,14-15,17-18,26-27H,13,16H2,1H3,(H,34,38)(H,35,39)/t26-,27+/m0/s1. The van der Waals surface area contributed by atoms with Crippen LogP contribution in [0, 0.1) is 6.92 Å². The fourth-order valence-electron chi connectivity index (χ4n) is 4.84. The lowest BCUT2D eigenvalue weighted by molar-refractivity contribution is -0.137. The first kappa shape index (κ1) is 26.4. The van der Waals surface area contributed by atoms with Crippen molar-refractivity contribution in [2.75, 3.05) is 11.9 Å². The molecule has 1 aliphatic rings. The van der Waals surface area contributed by atoms with Gasteiger partial charge in [-0.15, -0.1) is 0 Å². The monoisotopic (exact) mass is 549 g/mol. The molecule has 0 spiro atoms. The van der Waals surface area contributed by atoms with Gasteiger partial charge in [-0.2, -0.15) is 13.2 Å². The Kier molecular flexibility index (Phi) is 7.38. The van der Waals surface area contributed by atoms with Crippen molar-refractivity contribution < 1.29 is 18.0 Å².